The molecular formula is C24H25N3O2. The first-order chi connectivity index (χ1) is 13.9. The summed E-state index contributed by atoms with van der Waals surface area (Å²) in [4.78, 5) is 8.08. The van der Waals surface area contributed by atoms with Crippen molar-refractivity contribution in [3.63, 3.8) is 0 Å². The Hall–Kier alpha value is -3.34. The number of aromatic nitrogens is 3. The Morgan fingerprint density at radius 3 is 2.52 bits per heavy atom. The van der Waals surface area contributed by atoms with Crippen LogP contribution in [0.3, 0.4) is 0 Å². The van der Waals surface area contributed by atoms with Gasteiger partial charge in [-0.2, -0.15) is 0 Å². The SMILES string of the molecule is Cc1cc(OCc2c(C)noc2C)ccc1-c1cnc(-c2cccc(C)c2C)[nH]1. The van der Waals surface area contributed by atoms with Gasteiger partial charge in [0, 0.05) is 11.1 Å². The minimum atomic E-state index is 0.445. The molecule has 4 rings (SSSR count). The van der Waals surface area contributed by atoms with Crippen molar-refractivity contribution in [2.45, 2.75) is 41.2 Å². The Morgan fingerprint density at radius 2 is 1.79 bits per heavy atom. The molecule has 2 heterocycles. The number of H-pyrrole nitrogens is 1. The fourth-order valence-electron chi connectivity index (χ4n) is 3.49. The molecule has 0 aliphatic heterocycles. The quantitative estimate of drug-likeness (QED) is 0.466. The van der Waals surface area contributed by atoms with Crippen LogP contribution in [0.15, 0.2) is 47.1 Å². The van der Waals surface area contributed by atoms with E-state index < -0.39 is 0 Å². The van der Waals surface area contributed by atoms with Crippen LogP contribution in [0.1, 0.15) is 33.7 Å². The van der Waals surface area contributed by atoms with E-state index in [9.17, 15) is 0 Å². The predicted molar refractivity (Wildman–Crippen MR) is 114 cm³/mol. The van der Waals surface area contributed by atoms with E-state index in [0.717, 1.165) is 51.0 Å². The molecule has 0 atom stereocenters. The van der Waals surface area contributed by atoms with Crippen molar-refractivity contribution in [2.24, 2.45) is 0 Å². The summed E-state index contributed by atoms with van der Waals surface area (Å²) >= 11 is 0. The van der Waals surface area contributed by atoms with E-state index in [1.54, 1.807) is 0 Å². The van der Waals surface area contributed by atoms with E-state index in [1.165, 1.54) is 11.1 Å². The summed E-state index contributed by atoms with van der Waals surface area (Å²) in [5.74, 6) is 2.51. The van der Waals surface area contributed by atoms with Gasteiger partial charge in [-0.25, -0.2) is 4.98 Å². The molecule has 0 amide bonds. The van der Waals surface area contributed by atoms with E-state index in [1.807, 2.05) is 32.2 Å². The monoisotopic (exact) mass is 387 g/mol. The van der Waals surface area contributed by atoms with Crippen LogP contribution in [-0.2, 0) is 6.61 Å². The van der Waals surface area contributed by atoms with Crippen LogP contribution in [0.25, 0.3) is 22.6 Å². The first kappa shape index (κ1) is 19.0. The van der Waals surface area contributed by atoms with Gasteiger partial charge in [0.15, 0.2) is 0 Å². The van der Waals surface area contributed by atoms with Crippen LogP contribution in [-0.4, -0.2) is 15.1 Å². The maximum Gasteiger partial charge on any atom is 0.140 e. The van der Waals surface area contributed by atoms with Crippen molar-refractivity contribution in [3.8, 4) is 28.4 Å². The smallest absolute Gasteiger partial charge is 0.140 e. The van der Waals surface area contributed by atoms with E-state index >= 15 is 0 Å². The predicted octanol–water partition coefficient (Wildman–Crippen LogP) is 5.85. The van der Waals surface area contributed by atoms with Gasteiger partial charge in [0.25, 0.3) is 0 Å². The van der Waals surface area contributed by atoms with Gasteiger partial charge in [-0.05, 0) is 69.5 Å². The van der Waals surface area contributed by atoms with E-state index in [2.05, 4.69) is 60.2 Å². The average molecular weight is 387 g/mol. The fourth-order valence-corrected chi connectivity index (χ4v) is 3.49. The van der Waals surface area contributed by atoms with Crippen LogP contribution < -0.4 is 4.74 Å². The molecule has 0 fully saturated rings. The molecule has 29 heavy (non-hydrogen) atoms. The minimum Gasteiger partial charge on any atom is -0.489 e. The molecule has 5 heteroatoms. The molecule has 0 aliphatic rings. The first-order valence-corrected chi connectivity index (χ1v) is 9.71. The van der Waals surface area contributed by atoms with Gasteiger partial charge < -0.3 is 14.2 Å². The number of rotatable bonds is 5. The minimum absolute atomic E-state index is 0.445. The third-order valence-electron chi connectivity index (χ3n) is 5.49. The number of aryl methyl sites for hydroxylation is 4. The number of benzene rings is 2. The lowest BCUT2D eigenvalue weighted by Gasteiger charge is -2.10. The number of ether oxygens (including phenoxy) is 1. The van der Waals surface area contributed by atoms with Crippen LogP contribution in [0.4, 0.5) is 0 Å². The number of imidazole rings is 1. The largest absolute Gasteiger partial charge is 0.489 e. The summed E-state index contributed by atoms with van der Waals surface area (Å²) in [7, 11) is 0. The Balaban J connectivity index is 1.56. The maximum atomic E-state index is 5.96. The summed E-state index contributed by atoms with van der Waals surface area (Å²) < 4.78 is 11.2. The first-order valence-electron chi connectivity index (χ1n) is 9.71. The summed E-state index contributed by atoms with van der Waals surface area (Å²) in [6, 6.07) is 12.4. The van der Waals surface area contributed by atoms with Crippen LogP contribution in [0, 0.1) is 34.6 Å². The van der Waals surface area contributed by atoms with Crippen LogP contribution >= 0.6 is 0 Å². The fraction of sp³-hybridized carbons (Fsp3) is 0.250. The Morgan fingerprint density at radius 1 is 0.966 bits per heavy atom. The number of aromatic amines is 1. The summed E-state index contributed by atoms with van der Waals surface area (Å²) in [6.45, 7) is 10.6. The van der Waals surface area contributed by atoms with Crippen molar-refractivity contribution in [3.05, 3.63) is 76.3 Å². The summed E-state index contributed by atoms with van der Waals surface area (Å²) in [6.07, 6.45) is 1.89. The topological polar surface area (TPSA) is 63.9 Å². The second-order valence-corrected chi connectivity index (χ2v) is 7.46. The second-order valence-electron chi connectivity index (χ2n) is 7.46. The summed E-state index contributed by atoms with van der Waals surface area (Å²) in [5, 5.41) is 3.97. The molecule has 2 aromatic heterocycles. The average Bonchev–Trinajstić information content (AvgIpc) is 3.30. The van der Waals surface area contributed by atoms with Crippen molar-refractivity contribution >= 4 is 0 Å². The highest BCUT2D eigenvalue weighted by Gasteiger charge is 2.12. The molecule has 5 nitrogen and oxygen atoms in total. The Bertz CT molecular complexity index is 1150. The zero-order chi connectivity index (χ0) is 20.5. The van der Waals surface area contributed by atoms with Gasteiger partial charge in [0.05, 0.1) is 23.1 Å². The van der Waals surface area contributed by atoms with Crippen molar-refractivity contribution in [2.75, 3.05) is 0 Å². The highest BCUT2D eigenvalue weighted by molar-refractivity contribution is 5.69. The third-order valence-corrected chi connectivity index (χ3v) is 5.49. The molecule has 0 radical (unpaired) electrons. The molecule has 0 bridgehead atoms. The lowest BCUT2D eigenvalue weighted by molar-refractivity contribution is 0.301. The highest BCUT2D eigenvalue weighted by Crippen LogP contribution is 2.29. The van der Waals surface area contributed by atoms with E-state index in [-0.39, 0.29) is 0 Å². The second kappa shape index (κ2) is 7.59. The molecule has 0 saturated heterocycles. The number of nitrogens with zero attached hydrogens (tertiary/aromatic N) is 2. The van der Waals surface area contributed by atoms with Crippen LogP contribution in [0.5, 0.6) is 5.75 Å². The molecule has 0 unspecified atom stereocenters. The normalized spacial score (nSPS) is 11.1. The summed E-state index contributed by atoms with van der Waals surface area (Å²) in [5.41, 5.74) is 8.73. The van der Waals surface area contributed by atoms with Crippen molar-refractivity contribution in [1.82, 2.24) is 15.1 Å². The Labute approximate surface area is 170 Å². The molecule has 0 aliphatic carbocycles. The zero-order valence-corrected chi connectivity index (χ0v) is 17.5. The van der Waals surface area contributed by atoms with Gasteiger partial charge in [0.2, 0.25) is 0 Å². The van der Waals surface area contributed by atoms with Gasteiger partial charge in [0.1, 0.15) is 23.9 Å². The van der Waals surface area contributed by atoms with Gasteiger partial charge in [-0.3, -0.25) is 0 Å². The number of hydrogen-bond donors (Lipinski definition) is 1. The zero-order valence-electron chi connectivity index (χ0n) is 17.5. The maximum absolute atomic E-state index is 5.96. The third kappa shape index (κ3) is 3.68. The van der Waals surface area contributed by atoms with Crippen LogP contribution in [0.2, 0.25) is 0 Å². The molecule has 0 spiro atoms. The Kier molecular flexibility index (Phi) is 4.97. The number of nitrogens with one attached hydrogen (secondary N) is 1. The van der Waals surface area contributed by atoms with Crippen molar-refractivity contribution < 1.29 is 9.26 Å². The number of hydrogen-bond acceptors (Lipinski definition) is 4. The lowest BCUT2D eigenvalue weighted by Crippen LogP contribution is -1.98. The molecule has 0 saturated carbocycles. The van der Waals surface area contributed by atoms with E-state index in [4.69, 9.17) is 9.26 Å². The van der Waals surface area contributed by atoms with Gasteiger partial charge >= 0.3 is 0 Å². The lowest BCUT2D eigenvalue weighted by atomic mass is 10.0. The standard InChI is InChI=1S/C24H25N3O2/c1-14-7-6-8-21(16(14)3)24-25-12-23(26-24)20-10-9-19(11-15(20)2)28-13-22-17(4)27-29-18(22)5/h6-12H,13H2,1-5H3,(H,25,26). The van der Waals surface area contributed by atoms with Gasteiger partial charge in [-0.1, -0.05) is 23.4 Å². The molecule has 148 valence electrons. The van der Waals surface area contributed by atoms with Crippen molar-refractivity contribution in [1.29, 1.82) is 0 Å². The highest BCUT2D eigenvalue weighted by atomic mass is 16.5. The van der Waals surface area contributed by atoms with Gasteiger partial charge in [-0.15, -0.1) is 0 Å². The molecule has 4 aromatic rings. The molecule has 2 aromatic carbocycles. The molecular weight excluding hydrogens is 362 g/mol. The van der Waals surface area contributed by atoms with E-state index in [0.29, 0.717) is 6.61 Å². The molecule has 1 N–H and O–H groups in total.